The Bertz CT molecular complexity index is 465. The molecule has 1 aliphatic heterocycles. The molecule has 0 aliphatic carbocycles. The lowest BCUT2D eigenvalue weighted by Gasteiger charge is -2.28. The SMILES string of the molecule is CC(C)C(=O)N1CCc2[nH]nc(C(F)(F)F)c2C1. The average Bonchev–Trinajstić information content (AvgIpc) is 2.69. The van der Waals surface area contributed by atoms with Gasteiger partial charge < -0.3 is 4.90 Å². The number of carbonyl (C=O) groups excluding carboxylic acids is 1. The lowest BCUT2D eigenvalue weighted by Crippen LogP contribution is -2.38. The zero-order valence-electron chi connectivity index (χ0n) is 10.1. The molecule has 0 bridgehead atoms. The molecule has 0 aromatic carbocycles. The molecule has 1 aromatic heterocycles. The maximum Gasteiger partial charge on any atom is 0.435 e. The normalized spacial score (nSPS) is 16.0. The number of carbonyl (C=O) groups is 1. The van der Waals surface area contributed by atoms with E-state index in [0.29, 0.717) is 18.7 Å². The number of halogens is 3. The number of hydrogen-bond donors (Lipinski definition) is 1. The Morgan fingerprint density at radius 3 is 2.67 bits per heavy atom. The molecule has 1 aliphatic rings. The van der Waals surface area contributed by atoms with Crippen molar-refractivity contribution in [2.75, 3.05) is 6.54 Å². The maximum atomic E-state index is 12.7. The van der Waals surface area contributed by atoms with Gasteiger partial charge in [0.05, 0.1) is 0 Å². The fourth-order valence-electron chi connectivity index (χ4n) is 2.08. The van der Waals surface area contributed by atoms with Gasteiger partial charge in [-0.2, -0.15) is 18.3 Å². The van der Waals surface area contributed by atoms with Crippen LogP contribution in [0, 0.1) is 5.92 Å². The molecule has 0 unspecified atom stereocenters. The summed E-state index contributed by atoms with van der Waals surface area (Å²) in [7, 11) is 0. The van der Waals surface area contributed by atoms with E-state index in [2.05, 4.69) is 10.2 Å². The van der Waals surface area contributed by atoms with Crippen LogP contribution >= 0.6 is 0 Å². The highest BCUT2D eigenvalue weighted by Gasteiger charge is 2.39. The van der Waals surface area contributed by atoms with E-state index in [1.165, 1.54) is 4.90 Å². The first-order valence-electron chi connectivity index (χ1n) is 5.72. The first-order chi connectivity index (χ1) is 8.30. The average molecular weight is 261 g/mol. The van der Waals surface area contributed by atoms with Crippen LogP contribution < -0.4 is 0 Å². The third-order valence-electron chi connectivity index (χ3n) is 3.01. The van der Waals surface area contributed by atoms with Gasteiger partial charge in [0.2, 0.25) is 5.91 Å². The van der Waals surface area contributed by atoms with Gasteiger partial charge in [-0.1, -0.05) is 13.8 Å². The third-order valence-corrected chi connectivity index (χ3v) is 3.01. The molecule has 1 aromatic rings. The Hall–Kier alpha value is -1.53. The summed E-state index contributed by atoms with van der Waals surface area (Å²) in [4.78, 5) is 13.3. The Kier molecular flexibility index (Phi) is 3.08. The van der Waals surface area contributed by atoms with Crippen molar-refractivity contribution in [2.24, 2.45) is 5.92 Å². The number of alkyl halides is 3. The van der Waals surface area contributed by atoms with E-state index >= 15 is 0 Å². The molecule has 0 atom stereocenters. The van der Waals surface area contributed by atoms with Crippen LogP contribution in [0.2, 0.25) is 0 Å². The summed E-state index contributed by atoms with van der Waals surface area (Å²) in [5, 5.41) is 5.73. The summed E-state index contributed by atoms with van der Waals surface area (Å²) in [6.45, 7) is 3.89. The Labute approximate surface area is 102 Å². The minimum atomic E-state index is -4.48. The standard InChI is InChI=1S/C11H14F3N3O/c1-6(2)10(18)17-4-3-8-7(5-17)9(16-15-8)11(12,13)14/h6H,3-5H2,1-2H3,(H,15,16). The summed E-state index contributed by atoms with van der Waals surface area (Å²) < 4.78 is 38.1. The van der Waals surface area contributed by atoms with Crippen LogP contribution in [0.25, 0.3) is 0 Å². The molecule has 1 N–H and O–H groups in total. The highest BCUT2D eigenvalue weighted by molar-refractivity contribution is 5.78. The van der Waals surface area contributed by atoms with Crippen LogP contribution in [0.1, 0.15) is 30.8 Å². The van der Waals surface area contributed by atoms with E-state index in [1.54, 1.807) is 13.8 Å². The Morgan fingerprint density at radius 1 is 1.44 bits per heavy atom. The van der Waals surface area contributed by atoms with Crippen LogP contribution in [0.5, 0.6) is 0 Å². The molecule has 2 rings (SSSR count). The third kappa shape index (κ3) is 2.21. The highest BCUT2D eigenvalue weighted by atomic mass is 19.4. The largest absolute Gasteiger partial charge is 0.435 e. The van der Waals surface area contributed by atoms with Gasteiger partial charge in [-0.3, -0.25) is 9.89 Å². The van der Waals surface area contributed by atoms with Gasteiger partial charge in [0.15, 0.2) is 5.69 Å². The first kappa shape index (κ1) is 12.9. The zero-order valence-corrected chi connectivity index (χ0v) is 10.1. The van der Waals surface area contributed by atoms with Crippen molar-refractivity contribution in [3.8, 4) is 0 Å². The topological polar surface area (TPSA) is 49.0 Å². The minimum Gasteiger partial charge on any atom is -0.338 e. The van der Waals surface area contributed by atoms with E-state index < -0.39 is 11.9 Å². The molecular weight excluding hydrogens is 247 g/mol. The van der Waals surface area contributed by atoms with Crippen molar-refractivity contribution >= 4 is 5.91 Å². The second-order valence-electron chi connectivity index (χ2n) is 4.69. The van der Waals surface area contributed by atoms with Crippen molar-refractivity contribution in [3.05, 3.63) is 17.0 Å². The number of nitrogens with zero attached hydrogens (tertiary/aromatic N) is 2. The fourth-order valence-corrected chi connectivity index (χ4v) is 2.08. The van der Waals surface area contributed by atoms with E-state index in [0.717, 1.165) is 0 Å². The molecule has 2 heterocycles. The fraction of sp³-hybridized carbons (Fsp3) is 0.636. The molecule has 0 spiro atoms. The molecule has 7 heteroatoms. The number of nitrogens with one attached hydrogen (secondary N) is 1. The maximum absolute atomic E-state index is 12.7. The van der Waals surface area contributed by atoms with Crippen molar-refractivity contribution < 1.29 is 18.0 Å². The van der Waals surface area contributed by atoms with Crippen molar-refractivity contribution in [1.82, 2.24) is 15.1 Å². The quantitative estimate of drug-likeness (QED) is 0.840. The second kappa shape index (κ2) is 4.29. The van der Waals surface area contributed by atoms with E-state index in [4.69, 9.17) is 0 Å². The lowest BCUT2D eigenvalue weighted by molar-refractivity contribution is -0.143. The van der Waals surface area contributed by atoms with Crippen molar-refractivity contribution in [3.63, 3.8) is 0 Å². The van der Waals surface area contributed by atoms with Crippen LogP contribution in [-0.2, 0) is 23.9 Å². The molecule has 18 heavy (non-hydrogen) atoms. The predicted molar refractivity (Wildman–Crippen MR) is 57.5 cm³/mol. The smallest absolute Gasteiger partial charge is 0.338 e. The summed E-state index contributed by atoms with van der Waals surface area (Å²) in [5.41, 5.74) is -0.323. The Balaban J connectivity index is 2.28. The highest BCUT2D eigenvalue weighted by Crippen LogP contribution is 2.34. The summed E-state index contributed by atoms with van der Waals surface area (Å²) in [5.74, 6) is -0.345. The molecule has 100 valence electrons. The molecule has 0 fully saturated rings. The lowest BCUT2D eigenvalue weighted by atomic mass is 10.0. The van der Waals surface area contributed by atoms with Crippen molar-refractivity contribution in [1.29, 1.82) is 0 Å². The summed E-state index contributed by atoms with van der Waals surface area (Å²) >= 11 is 0. The number of amides is 1. The first-order valence-corrected chi connectivity index (χ1v) is 5.72. The summed E-state index contributed by atoms with van der Waals surface area (Å²) in [6, 6.07) is 0. The number of aromatic amines is 1. The van der Waals surface area contributed by atoms with Gasteiger partial charge in [-0.25, -0.2) is 0 Å². The van der Waals surface area contributed by atoms with E-state index in [1.807, 2.05) is 0 Å². The van der Waals surface area contributed by atoms with Crippen LogP contribution in [0.15, 0.2) is 0 Å². The number of rotatable bonds is 1. The second-order valence-corrected chi connectivity index (χ2v) is 4.69. The summed E-state index contributed by atoms with van der Waals surface area (Å²) in [6.07, 6.45) is -4.09. The van der Waals surface area contributed by atoms with E-state index in [9.17, 15) is 18.0 Å². The van der Waals surface area contributed by atoms with E-state index in [-0.39, 0.29) is 23.9 Å². The van der Waals surface area contributed by atoms with Crippen LogP contribution in [-0.4, -0.2) is 27.5 Å². The molecule has 0 saturated heterocycles. The number of fused-ring (bicyclic) bond motifs is 1. The monoisotopic (exact) mass is 261 g/mol. The zero-order chi connectivity index (χ0) is 13.5. The number of hydrogen-bond acceptors (Lipinski definition) is 2. The molecular formula is C11H14F3N3O. The molecule has 1 amide bonds. The number of H-pyrrole nitrogens is 1. The molecule has 0 saturated carbocycles. The predicted octanol–water partition coefficient (Wildman–Crippen LogP) is 1.97. The van der Waals surface area contributed by atoms with Gasteiger partial charge in [0.1, 0.15) is 0 Å². The van der Waals surface area contributed by atoms with Gasteiger partial charge >= 0.3 is 6.18 Å². The van der Waals surface area contributed by atoms with Crippen LogP contribution in [0.3, 0.4) is 0 Å². The van der Waals surface area contributed by atoms with Gasteiger partial charge in [-0.05, 0) is 0 Å². The minimum absolute atomic E-state index is 0.0162. The van der Waals surface area contributed by atoms with Crippen molar-refractivity contribution in [2.45, 2.75) is 33.0 Å². The molecule has 4 nitrogen and oxygen atoms in total. The van der Waals surface area contributed by atoms with Gasteiger partial charge in [0, 0.05) is 36.7 Å². The molecule has 0 radical (unpaired) electrons. The number of aromatic nitrogens is 2. The van der Waals surface area contributed by atoms with Gasteiger partial charge in [0.25, 0.3) is 0 Å². The Morgan fingerprint density at radius 2 is 2.11 bits per heavy atom. The van der Waals surface area contributed by atoms with Gasteiger partial charge in [-0.15, -0.1) is 0 Å². The van der Waals surface area contributed by atoms with Crippen LogP contribution in [0.4, 0.5) is 13.2 Å².